The van der Waals surface area contributed by atoms with Crippen molar-refractivity contribution in [3.63, 3.8) is 0 Å². The summed E-state index contributed by atoms with van der Waals surface area (Å²) in [6.45, 7) is 5.45. The summed E-state index contributed by atoms with van der Waals surface area (Å²) in [5.74, 6) is 0.225. The van der Waals surface area contributed by atoms with E-state index in [-0.39, 0.29) is 11.5 Å². The Morgan fingerprint density at radius 2 is 1.82 bits per heavy atom. The first-order chi connectivity index (χ1) is 13.2. The summed E-state index contributed by atoms with van der Waals surface area (Å²) in [5.41, 5.74) is 1.36. The van der Waals surface area contributed by atoms with Gasteiger partial charge in [0, 0.05) is 17.0 Å². The van der Waals surface area contributed by atoms with Crippen LogP contribution < -0.4 is 4.74 Å². The smallest absolute Gasteiger partial charge is 0.331 e. The molecule has 0 saturated heterocycles. The molecule has 2 aromatic carbocycles. The van der Waals surface area contributed by atoms with E-state index in [0.717, 1.165) is 10.9 Å². The van der Waals surface area contributed by atoms with E-state index in [1.165, 1.54) is 6.08 Å². The Kier molecular flexibility index (Phi) is 5.36. The normalized spacial score (nSPS) is 11.7. The molecule has 1 aromatic heterocycles. The third-order valence-electron chi connectivity index (χ3n) is 3.91. The molecule has 144 valence electrons. The van der Waals surface area contributed by atoms with Gasteiger partial charge in [-0.05, 0) is 62.7 Å². The summed E-state index contributed by atoms with van der Waals surface area (Å²) in [4.78, 5) is 24.5. The highest BCUT2D eigenvalue weighted by Crippen LogP contribution is 2.24. The quantitative estimate of drug-likeness (QED) is 0.354. The third-order valence-corrected chi connectivity index (χ3v) is 3.91. The summed E-state index contributed by atoms with van der Waals surface area (Å²) >= 11 is 0. The van der Waals surface area contributed by atoms with E-state index in [0.29, 0.717) is 16.9 Å². The third kappa shape index (κ3) is 4.68. The molecule has 0 atom stereocenters. The Labute approximate surface area is 163 Å². The Balaban J connectivity index is 1.82. The van der Waals surface area contributed by atoms with Gasteiger partial charge >= 0.3 is 5.97 Å². The van der Waals surface area contributed by atoms with Gasteiger partial charge < -0.3 is 13.9 Å². The lowest BCUT2D eigenvalue weighted by molar-refractivity contribution is -0.148. The first-order valence-electron chi connectivity index (χ1n) is 8.88. The molecule has 0 aliphatic heterocycles. The number of rotatable bonds is 5. The Morgan fingerprint density at radius 1 is 1.04 bits per heavy atom. The minimum atomic E-state index is -0.536. The molecule has 0 unspecified atom stereocenters. The molecule has 0 N–H and O–H groups in total. The second-order valence-corrected chi connectivity index (χ2v) is 7.34. The summed E-state index contributed by atoms with van der Waals surface area (Å²) in [7, 11) is 1.55. The Morgan fingerprint density at radius 3 is 2.54 bits per heavy atom. The van der Waals surface area contributed by atoms with Crippen molar-refractivity contribution in [2.75, 3.05) is 7.11 Å². The molecule has 3 rings (SSSR count). The predicted octanol–water partition coefficient (Wildman–Crippen LogP) is 5.03. The van der Waals surface area contributed by atoms with Crippen molar-refractivity contribution in [2.45, 2.75) is 26.4 Å². The van der Waals surface area contributed by atoms with Crippen LogP contribution in [0.2, 0.25) is 0 Å². The van der Waals surface area contributed by atoms with Crippen molar-refractivity contribution >= 4 is 28.8 Å². The second-order valence-electron chi connectivity index (χ2n) is 7.34. The topological polar surface area (TPSA) is 65.7 Å². The highest BCUT2D eigenvalue weighted by Gasteiger charge is 2.16. The van der Waals surface area contributed by atoms with Crippen LogP contribution in [0.15, 0.2) is 59.0 Å². The largest absolute Gasteiger partial charge is 0.497 e. The van der Waals surface area contributed by atoms with Crippen molar-refractivity contribution < 1.29 is 23.5 Å². The maximum Gasteiger partial charge on any atom is 0.331 e. The van der Waals surface area contributed by atoms with Crippen LogP contribution in [0, 0.1) is 0 Å². The highest BCUT2D eigenvalue weighted by atomic mass is 16.6. The molecule has 5 heteroatoms. The van der Waals surface area contributed by atoms with Crippen LogP contribution in [0.1, 0.15) is 42.5 Å². The number of ether oxygens (including phenoxy) is 2. The van der Waals surface area contributed by atoms with Gasteiger partial charge in [-0.1, -0.05) is 18.2 Å². The van der Waals surface area contributed by atoms with Gasteiger partial charge in [0.05, 0.1) is 7.11 Å². The molecular weight excluding hydrogens is 356 g/mol. The average Bonchev–Trinajstić information content (AvgIpc) is 3.07. The zero-order valence-corrected chi connectivity index (χ0v) is 16.3. The van der Waals surface area contributed by atoms with Crippen molar-refractivity contribution in [3.05, 3.63) is 71.5 Å². The van der Waals surface area contributed by atoms with Gasteiger partial charge in [0.2, 0.25) is 5.78 Å². The Hall–Kier alpha value is -3.34. The number of benzene rings is 2. The molecule has 3 aromatic rings. The van der Waals surface area contributed by atoms with Gasteiger partial charge in [-0.25, -0.2) is 4.79 Å². The minimum absolute atomic E-state index is 0.221. The van der Waals surface area contributed by atoms with E-state index >= 15 is 0 Å². The van der Waals surface area contributed by atoms with Gasteiger partial charge in [-0.2, -0.15) is 0 Å². The van der Waals surface area contributed by atoms with Crippen molar-refractivity contribution in [2.24, 2.45) is 0 Å². The summed E-state index contributed by atoms with van der Waals surface area (Å²) in [5, 5.41) is 0.776. The maximum absolute atomic E-state index is 12.7. The van der Waals surface area contributed by atoms with Crippen LogP contribution in [0.25, 0.3) is 17.0 Å². The molecule has 28 heavy (non-hydrogen) atoms. The summed E-state index contributed by atoms with van der Waals surface area (Å²) in [6.07, 6.45) is 3.05. The highest BCUT2D eigenvalue weighted by molar-refractivity contribution is 6.09. The van der Waals surface area contributed by atoms with Gasteiger partial charge in [-0.15, -0.1) is 0 Å². The Bertz CT molecular complexity index is 1050. The molecule has 0 fully saturated rings. The van der Waals surface area contributed by atoms with E-state index in [1.54, 1.807) is 49.6 Å². The molecule has 0 spiro atoms. The molecular formula is C23H22O5. The minimum Gasteiger partial charge on any atom is -0.497 e. The zero-order valence-electron chi connectivity index (χ0n) is 16.3. The van der Waals surface area contributed by atoms with Crippen LogP contribution in [0.3, 0.4) is 0 Å². The standard InChI is InChI=1S/C23H22O5/c1-23(2,3)28-21(24)11-9-15-8-10-19-17(12-15)14-20(27-19)22(25)16-6-5-7-18(13-16)26-4/h5-14H,1-4H3/b11-9+. The SMILES string of the molecule is COc1cccc(C(=O)c2cc3cc(/C=C/C(=O)OC(C)(C)C)ccc3o2)c1. The first-order valence-corrected chi connectivity index (χ1v) is 8.88. The molecule has 0 amide bonds. The summed E-state index contributed by atoms with van der Waals surface area (Å²) in [6, 6.07) is 14.0. The fourth-order valence-corrected chi connectivity index (χ4v) is 2.68. The van der Waals surface area contributed by atoms with E-state index in [9.17, 15) is 9.59 Å². The zero-order chi connectivity index (χ0) is 20.3. The number of methoxy groups -OCH3 is 1. The lowest BCUT2D eigenvalue weighted by atomic mass is 10.1. The molecule has 0 saturated carbocycles. The second kappa shape index (κ2) is 7.72. The number of carbonyl (C=O) groups is 2. The molecule has 5 nitrogen and oxygen atoms in total. The van der Waals surface area contributed by atoms with Gasteiger partial charge in [0.15, 0.2) is 5.76 Å². The lowest BCUT2D eigenvalue weighted by Gasteiger charge is -2.17. The van der Waals surface area contributed by atoms with Crippen molar-refractivity contribution in [3.8, 4) is 5.75 Å². The number of ketones is 1. The first kappa shape index (κ1) is 19.4. The number of carbonyl (C=O) groups excluding carboxylic acids is 2. The molecule has 0 aliphatic carbocycles. The lowest BCUT2D eigenvalue weighted by Crippen LogP contribution is -2.22. The monoisotopic (exact) mass is 378 g/mol. The fourth-order valence-electron chi connectivity index (χ4n) is 2.68. The molecule has 0 radical (unpaired) electrons. The number of furan rings is 1. The molecule has 0 bridgehead atoms. The van der Waals surface area contributed by atoms with Crippen LogP contribution in [0.5, 0.6) is 5.75 Å². The van der Waals surface area contributed by atoms with Crippen molar-refractivity contribution in [1.29, 1.82) is 0 Å². The van der Waals surface area contributed by atoms with E-state index in [2.05, 4.69) is 0 Å². The average molecular weight is 378 g/mol. The van der Waals surface area contributed by atoms with Crippen LogP contribution in [0.4, 0.5) is 0 Å². The van der Waals surface area contributed by atoms with Gasteiger partial charge in [-0.3, -0.25) is 4.79 Å². The van der Waals surface area contributed by atoms with Gasteiger partial charge in [0.1, 0.15) is 16.9 Å². The van der Waals surface area contributed by atoms with E-state index in [1.807, 2.05) is 32.9 Å². The maximum atomic E-state index is 12.7. The fraction of sp³-hybridized carbons (Fsp3) is 0.217. The van der Waals surface area contributed by atoms with E-state index < -0.39 is 11.6 Å². The van der Waals surface area contributed by atoms with E-state index in [4.69, 9.17) is 13.9 Å². The van der Waals surface area contributed by atoms with Gasteiger partial charge in [0.25, 0.3) is 0 Å². The van der Waals surface area contributed by atoms with Crippen LogP contribution >= 0.6 is 0 Å². The predicted molar refractivity (Wildman–Crippen MR) is 108 cm³/mol. The molecule has 0 aliphatic rings. The van der Waals surface area contributed by atoms with Crippen LogP contribution in [-0.2, 0) is 9.53 Å². The van der Waals surface area contributed by atoms with Crippen molar-refractivity contribution in [1.82, 2.24) is 0 Å². The number of hydrogen-bond acceptors (Lipinski definition) is 5. The number of hydrogen-bond donors (Lipinski definition) is 0. The molecule has 1 heterocycles. The number of esters is 1. The number of fused-ring (bicyclic) bond motifs is 1. The van der Waals surface area contributed by atoms with Crippen LogP contribution in [-0.4, -0.2) is 24.5 Å². The summed E-state index contributed by atoms with van der Waals surface area (Å²) < 4.78 is 16.1.